The molecule has 4 rings (SSSR count). The summed E-state index contributed by atoms with van der Waals surface area (Å²) in [4.78, 5) is 14.2. The highest BCUT2D eigenvalue weighted by atomic mass is 35.5. The molecule has 6 nitrogen and oxygen atoms in total. The number of hydrogen-bond donors (Lipinski definition) is 0. The Bertz CT molecular complexity index is 1220. The topological polar surface area (TPSA) is 66.9 Å². The smallest absolute Gasteiger partial charge is 0.409 e. The molecule has 0 aromatic heterocycles. The van der Waals surface area contributed by atoms with Gasteiger partial charge in [0.1, 0.15) is 6.61 Å². The first kappa shape index (κ1) is 23.1. The van der Waals surface area contributed by atoms with Crippen molar-refractivity contribution in [1.29, 1.82) is 0 Å². The highest BCUT2D eigenvalue weighted by Gasteiger charge is 2.36. The first-order chi connectivity index (χ1) is 15.9. The minimum atomic E-state index is -3.89. The molecule has 0 radical (unpaired) electrons. The third-order valence-corrected chi connectivity index (χ3v) is 7.78. The van der Waals surface area contributed by atoms with Gasteiger partial charge in [-0.05, 0) is 54.3 Å². The van der Waals surface area contributed by atoms with Crippen molar-refractivity contribution in [2.45, 2.75) is 30.3 Å². The van der Waals surface area contributed by atoms with Crippen LogP contribution >= 0.6 is 11.6 Å². The van der Waals surface area contributed by atoms with Crippen LogP contribution in [0.25, 0.3) is 0 Å². The van der Waals surface area contributed by atoms with Gasteiger partial charge in [-0.25, -0.2) is 13.2 Å². The molecule has 33 heavy (non-hydrogen) atoms. The molecule has 0 fully saturated rings. The summed E-state index contributed by atoms with van der Waals surface area (Å²) in [5.74, 6) is 0. The van der Waals surface area contributed by atoms with Gasteiger partial charge in [-0.3, -0.25) is 4.31 Å². The maximum Gasteiger partial charge on any atom is 0.409 e. The maximum absolute atomic E-state index is 13.6. The molecule has 1 aliphatic rings. The quantitative estimate of drug-likeness (QED) is 0.487. The van der Waals surface area contributed by atoms with Gasteiger partial charge in [0.15, 0.2) is 0 Å². The van der Waals surface area contributed by atoms with Gasteiger partial charge < -0.3 is 9.64 Å². The average molecular weight is 485 g/mol. The summed E-state index contributed by atoms with van der Waals surface area (Å²) >= 11 is 5.96. The second kappa shape index (κ2) is 9.85. The lowest BCUT2D eigenvalue weighted by atomic mass is 9.98. The van der Waals surface area contributed by atoms with Gasteiger partial charge in [0, 0.05) is 18.6 Å². The first-order valence-electron chi connectivity index (χ1n) is 10.7. The number of hydrogen-bond acceptors (Lipinski definition) is 4. The Hall–Kier alpha value is -3.03. The van der Waals surface area contributed by atoms with E-state index in [1.54, 1.807) is 25.2 Å². The van der Waals surface area contributed by atoms with Crippen LogP contribution in [0.4, 0.5) is 10.5 Å². The predicted octanol–water partition coefficient (Wildman–Crippen LogP) is 5.12. The number of sulfonamides is 1. The van der Waals surface area contributed by atoms with Crippen molar-refractivity contribution in [3.63, 3.8) is 0 Å². The first-order valence-corrected chi connectivity index (χ1v) is 12.5. The van der Waals surface area contributed by atoms with Crippen LogP contribution in [0.5, 0.6) is 0 Å². The molecule has 1 heterocycles. The molecular weight excluding hydrogens is 460 g/mol. The summed E-state index contributed by atoms with van der Waals surface area (Å²) in [6, 6.07) is 22.6. The summed E-state index contributed by atoms with van der Waals surface area (Å²) in [5.41, 5.74) is 2.53. The summed E-state index contributed by atoms with van der Waals surface area (Å²) in [6.07, 6.45) is 0.742. The number of benzene rings is 3. The Morgan fingerprint density at radius 1 is 1.03 bits per heavy atom. The number of anilines is 1. The number of carbonyl (C=O) groups is 1. The van der Waals surface area contributed by atoms with E-state index in [4.69, 9.17) is 16.3 Å². The van der Waals surface area contributed by atoms with Gasteiger partial charge >= 0.3 is 6.09 Å². The molecule has 1 unspecified atom stereocenters. The van der Waals surface area contributed by atoms with Gasteiger partial charge in [-0.2, -0.15) is 0 Å². The van der Waals surface area contributed by atoms with E-state index in [1.807, 2.05) is 48.5 Å². The van der Waals surface area contributed by atoms with Crippen molar-refractivity contribution >= 4 is 33.4 Å². The Morgan fingerprint density at radius 3 is 2.42 bits per heavy atom. The Labute approximate surface area is 199 Å². The van der Waals surface area contributed by atoms with Gasteiger partial charge in [-0.1, -0.05) is 60.1 Å². The summed E-state index contributed by atoms with van der Waals surface area (Å²) in [5, 5.41) is 0.458. The van der Waals surface area contributed by atoms with Gasteiger partial charge in [0.05, 0.1) is 16.6 Å². The average Bonchev–Trinajstić information content (AvgIpc) is 2.82. The fourth-order valence-electron chi connectivity index (χ4n) is 3.97. The number of rotatable bonds is 6. The third kappa shape index (κ3) is 5.15. The molecule has 8 heteroatoms. The number of halogens is 1. The van der Waals surface area contributed by atoms with E-state index < -0.39 is 22.2 Å². The molecule has 1 atom stereocenters. The van der Waals surface area contributed by atoms with E-state index in [-0.39, 0.29) is 11.5 Å². The van der Waals surface area contributed by atoms with E-state index in [0.29, 0.717) is 30.1 Å². The lowest BCUT2D eigenvalue weighted by Crippen LogP contribution is -2.47. The molecule has 3 aromatic carbocycles. The highest BCUT2D eigenvalue weighted by Crippen LogP contribution is 2.35. The molecule has 0 bridgehead atoms. The molecule has 3 aromatic rings. The minimum absolute atomic E-state index is 0.0425. The van der Waals surface area contributed by atoms with Crippen molar-refractivity contribution in [3.05, 3.63) is 95.0 Å². The monoisotopic (exact) mass is 484 g/mol. The van der Waals surface area contributed by atoms with E-state index in [2.05, 4.69) is 0 Å². The fraction of sp³-hybridized carbons (Fsp3) is 0.240. The van der Waals surface area contributed by atoms with Crippen molar-refractivity contribution in [1.82, 2.24) is 4.90 Å². The number of aryl methyl sites for hydroxylation is 1. The lowest BCUT2D eigenvalue weighted by molar-refractivity contribution is 0.102. The van der Waals surface area contributed by atoms with Crippen LogP contribution in [-0.2, 0) is 27.7 Å². The zero-order valence-electron chi connectivity index (χ0n) is 18.2. The summed E-state index contributed by atoms with van der Waals surface area (Å²) in [7, 11) is -2.23. The number of ether oxygens (including phenoxy) is 1. The molecular formula is C25H25ClN2O4S. The number of para-hydroxylation sites is 1. The van der Waals surface area contributed by atoms with Gasteiger partial charge in [-0.15, -0.1) is 0 Å². The maximum atomic E-state index is 13.6. The fourth-order valence-corrected chi connectivity index (χ4v) is 5.80. The number of carbonyl (C=O) groups excluding carboxylic acids is 1. The van der Waals surface area contributed by atoms with Crippen LogP contribution in [0.15, 0.2) is 83.8 Å². The van der Waals surface area contributed by atoms with Crippen LogP contribution in [0.2, 0.25) is 5.02 Å². The molecule has 172 valence electrons. The normalized spacial score (nSPS) is 15.6. The van der Waals surface area contributed by atoms with Crippen LogP contribution in [0.1, 0.15) is 17.5 Å². The van der Waals surface area contributed by atoms with Crippen molar-refractivity contribution in [2.24, 2.45) is 0 Å². The van der Waals surface area contributed by atoms with Crippen LogP contribution in [0.3, 0.4) is 0 Å². The van der Waals surface area contributed by atoms with E-state index in [9.17, 15) is 13.2 Å². The van der Waals surface area contributed by atoms with Gasteiger partial charge in [0.25, 0.3) is 10.0 Å². The summed E-state index contributed by atoms with van der Waals surface area (Å²) in [6.45, 7) is 0.360. The van der Waals surface area contributed by atoms with E-state index in [1.165, 1.54) is 21.3 Å². The minimum Gasteiger partial charge on any atom is -0.447 e. The van der Waals surface area contributed by atoms with Crippen LogP contribution in [-0.4, -0.2) is 39.1 Å². The van der Waals surface area contributed by atoms with Crippen molar-refractivity contribution in [2.75, 3.05) is 18.0 Å². The number of nitrogens with zero attached hydrogens (tertiary/aromatic N) is 2. The summed E-state index contributed by atoms with van der Waals surface area (Å²) < 4.78 is 34.2. The Morgan fingerprint density at radius 2 is 1.70 bits per heavy atom. The van der Waals surface area contributed by atoms with Gasteiger partial charge in [0.2, 0.25) is 0 Å². The molecule has 1 aliphatic heterocycles. The van der Waals surface area contributed by atoms with Crippen molar-refractivity contribution < 1.29 is 17.9 Å². The second-order valence-electron chi connectivity index (χ2n) is 7.99. The zero-order chi connectivity index (χ0) is 23.4. The standard InChI is InChI=1S/C25H25ClN2O4S/c1-27(17-19-7-3-2-4-8-19)25(29)32-18-22-14-11-20-9-5-6-10-24(20)28(22)33(30,31)23-15-12-21(26)13-16-23/h2-10,12-13,15-16,22H,11,14,17-18H2,1H3. The molecule has 1 amide bonds. The molecule has 0 N–H and O–H groups in total. The lowest BCUT2D eigenvalue weighted by Gasteiger charge is -2.37. The second-order valence-corrected chi connectivity index (χ2v) is 10.2. The van der Waals surface area contributed by atoms with Crippen LogP contribution in [0, 0.1) is 0 Å². The predicted molar refractivity (Wildman–Crippen MR) is 129 cm³/mol. The van der Waals surface area contributed by atoms with E-state index in [0.717, 1.165) is 11.1 Å². The molecule has 0 saturated heterocycles. The molecule has 0 saturated carbocycles. The Kier molecular flexibility index (Phi) is 6.91. The SMILES string of the molecule is CN(Cc1ccccc1)C(=O)OCC1CCc2ccccc2N1S(=O)(=O)c1ccc(Cl)cc1. The highest BCUT2D eigenvalue weighted by molar-refractivity contribution is 7.92. The Balaban J connectivity index is 1.55. The number of amides is 1. The number of fused-ring (bicyclic) bond motifs is 1. The zero-order valence-corrected chi connectivity index (χ0v) is 19.8. The largest absolute Gasteiger partial charge is 0.447 e. The van der Waals surface area contributed by atoms with E-state index >= 15 is 0 Å². The van der Waals surface area contributed by atoms with Crippen molar-refractivity contribution in [3.8, 4) is 0 Å². The molecule has 0 spiro atoms. The third-order valence-electron chi connectivity index (χ3n) is 5.65. The van der Waals surface area contributed by atoms with Crippen LogP contribution < -0.4 is 4.31 Å². The molecule has 0 aliphatic carbocycles.